The van der Waals surface area contributed by atoms with Crippen molar-refractivity contribution in [2.45, 2.75) is 25.3 Å². The van der Waals surface area contributed by atoms with E-state index < -0.39 is 10.8 Å². The van der Waals surface area contributed by atoms with Crippen LogP contribution in [0.25, 0.3) is 0 Å². The number of amides is 1. The van der Waals surface area contributed by atoms with Crippen LogP contribution in [0.4, 0.5) is 5.69 Å². The van der Waals surface area contributed by atoms with Gasteiger partial charge in [-0.25, -0.2) is 0 Å². The van der Waals surface area contributed by atoms with Crippen molar-refractivity contribution in [3.63, 3.8) is 0 Å². The van der Waals surface area contributed by atoms with Gasteiger partial charge in [0.25, 0.3) is 11.6 Å². The molecule has 1 fully saturated rings. The minimum Gasteiger partial charge on any atom is -0.493 e. The maximum Gasteiger partial charge on any atom is 0.286 e. The number of methoxy groups -OCH3 is 2. The molecule has 0 saturated carbocycles. The van der Waals surface area contributed by atoms with E-state index in [-0.39, 0.29) is 35.2 Å². The fourth-order valence-electron chi connectivity index (χ4n) is 2.66. The Labute approximate surface area is 146 Å². The molecule has 1 atom stereocenters. The standard InChI is InChI=1S/C15H21N3O5.ClH/c1-22-13-8-11(12(18(20)21)9-14(13)23-2)15(19)17-7-5-10-4-3-6-16-10;/h8-10,16H,3-7H2,1-2H3,(H,17,19);1H/t10-;/m1./s1. The van der Waals surface area contributed by atoms with Crippen molar-refractivity contribution in [2.24, 2.45) is 0 Å². The maximum atomic E-state index is 12.3. The summed E-state index contributed by atoms with van der Waals surface area (Å²) in [6.07, 6.45) is 3.03. The lowest BCUT2D eigenvalue weighted by molar-refractivity contribution is -0.385. The van der Waals surface area contributed by atoms with Crippen LogP contribution in [0, 0.1) is 10.1 Å². The van der Waals surface area contributed by atoms with Crippen LogP contribution in [0.15, 0.2) is 12.1 Å². The first-order chi connectivity index (χ1) is 11.1. The van der Waals surface area contributed by atoms with Crippen LogP contribution in [0.2, 0.25) is 0 Å². The van der Waals surface area contributed by atoms with Crippen molar-refractivity contribution in [3.8, 4) is 11.5 Å². The summed E-state index contributed by atoms with van der Waals surface area (Å²) in [5.74, 6) is 0.00210. The topological polar surface area (TPSA) is 103 Å². The average Bonchev–Trinajstić information content (AvgIpc) is 3.06. The van der Waals surface area contributed by atoms with Gasteiger partial charge in [0, 0.05) is 18.7 Å². The van der Waals surface area contributed by atoms with Crippen molar-refractivity contribution in [2.75, 3.05) is 27.3 Å². The molecule has 0 spiro atoms. The number of halogens is 1. The molecule has 1 amide bonds. The normalized spacial score (nSPS) is 16.2. The van der Waals surface area contributed by atoms with Gasteiger partial charge in [-0.2, -0.15) is 0 Å². The van der Waals surface area contributed by atoms with Gasteiger partial charge in [0.2, 0.25) is 0 Å². The van der Waals surface area contributed by atoms with Crippen molar-refractivity contribution in [3.05, 3.63) is 27.8 Å². The first kappa shape index (κ1) is 20.0. The van der Waals surface area contributed by atoms with Crippen LogP contribution >= 0.6 is 12.4 Å². The van der Waals surface area contributed by atoms with Crippen LogP contribution in [0.1, 0.15) is 29.6 Å². The van der Waals surface area contributed by atoms with Gasteiger partial charge >= 0.3 is 0 Å². The molecular formula is C15H22ClN3O5. The molecule has 1 aromatic rings. The molecule has 134 valence electrons. The largest absolute Gasteiger partial charge is 0.493 e. The van der Waals surface area contributed by atoms with Gasteiger partial charge in [0.05, 0.1) is 25.2 Å². The van der Waals surface area contributed by atoms with Crippen LogP contribution in [-0.4, -0.2) is 44.2 Å². The predicted octanol–water partition coefficient (Wildman–Crippen LogP) is 1.91. The number of hydrogen-bond acceptors (Lipinski definition) is 6. The second kappa shape index (κ2) is 9.29. The molecule has 0 bridgehead atoms. The molecule has 0 radical (unpaired) electrons. The summed E-state index contributed by atoms with van der Waals surface area (Å²) in [5.41, 5.74) is -0.342. The molecule has 0 unspecified atom stereocenters. The molecule has 1 aliphatic heterocycles. The summed E-state index contributed by atoms with van der Waals surface area (Å²) in [6.45, 7) is 1.46. The average molecular weight is 360 g/mol. The summed E-state index contributed by atoms with van der Waals surface area (Å²) in [6, 6.07) is 2.93. The summed E-state index contributed by atoms with van der Waals surface area (Å²) in [4.78, 5) is 22.9. The third-order valence-corrected chi connectivity index (χ3v) is 3.88. The molecule has 9 heteroatoms. The molecule has 0 aromatic heterocycles. The number of nitro benzene ring substituents is 1. The van der Waals surface area contributed by atoms with E-state index in [1.165, 1.54) is 26.4 Å². The highest BCUT2D eigenvalue weighted by molar-refractivity contribution is 5.99. The molecule has 1 aliphatic rings. The minimum absolute atomic E-state index is 0. The van der Waals surface area contributed by atoms with E-state index in [0.717, 1.165) is 25.8 Å². The molecule has 1 heterocycles. The Morgan fingerprint density at radius 1 is 1.38 bits per heavy atom. The van der Waals surface area contributed by atoms with Crippen LogP contribution < -0.4 is 20.1 Å². The van der Waals surface area contributed by atoms with E-state index in [9.17, 15) is 14.9 Å². The lowest BCUT2D eigenvalue weighted by Gasteiger charge is -2.12. The molecular weight excluding hydrogens is 338 g/mol. The number of nitro groups is 1. The smallest absolute Gasteiger partial charge is 0.286 e. The zero-order valence-electron chi connectivity index (χ0n) is 13.7. The zero-order valence-corrected chi connectivity index (χ0v) is 14.5. The van der Waals surface area contributed by atoms with Crippen molar-refractivity contribution in [1.82, 2.24) is 10.6 Å². The van der Waals surface area contributed by atoms with Crippen molar-refractivity contribution < 1.29 is 19.2 Å². The van der Waals surface area contributed by atoms with Crippen LogP contribution in [-0.2, 0) is 0 Å². The minimum atomic E-state index is -0.602. The Hall–Kier alpha value is -2.06. The van der Waals surface area contributed by atoms with E-state index in [2.05, 4.69) is 10.6 Å². The number of carbonyl (C=O) groups is 1. The fraction of sp³-hybridized carbons (Fsp3) is 0.533. The number of nitrogens with one attached hydrogen (secondary N) is 2. The van der Waals surface area contributed by atoms with Gasteiger partial charge in [-0.3, -0.25) is 14.9 Å². The number of rotatable bonds is 7. The Balaban J connectivity index is 0.00000288. The summed E-state index contributed by atoms with van der Waals surface area (Å²) < 4.78 is 10.2. The highest BCUT2D eigenvalue weighted by Gasteiger charge is 2.24. The first-order valence-corrected chi connectivity index (χ1v) is 7.48. The molecule has 24 heavy (non-hydrogen) atoms. The summed E-state index contributed by atoms with van der Waals surface area (Å²) in [5, 5.41) is 17.3. The Bertz CT molecular complexity index is 591. The fourth-order valence-corrected chi connectivity index (χ4v) is 2.66. The molecule has 2 rings (SSSR count). The van der Waals surface area contributed by atoms with Gasteiger partial charge in [0.1, 0.15) is 5.56 Å². The third kappa shape index (κ3) is 4.72. The summed E-state index contributed by atoms with van der Waals surface area (Å²) >= 11 is 0. The Morgan fingerprint density at radius 3 is 2.58 bits per heavy atom. The van der Waals surface area contributed by atoms with E-state index in [1.807, 2.05) is 0 Å². The molecule has 8 nitrogen and oxygen atoms in total. The van der Waals surface area contributed by atoms with E-state index in [1.54, 1.807) is 0 Å². The Morgan fingerprint density at radius 2 is 2.04 bits per heavy atom. The highest BCUT2D eigenvalue weighted by Crippen LogP contribution is 2.34. The number of nitrogens with zero attached hydrogens (tertiary/aromatic N) is 1. The lowest BCUT2D eigenvalue weighted by atomic mass is 10.1. The lowest BCUT2D eigenvalue weighted by Crippen LogP contribution is -2.31. The number of ether oxygens (including phenoxy) is 2. The monoisotopic (exact) mass is 359 g/mol. The second-order valence-corrected chi connectivity index (χ2v) is 5.32. The van der Waals surface area contributed by atoms with Gasteiger partial charge in [-0.1, -0.05) is 0 Å². The van der Waals surface area contributed by atoms with Gasteiger partial charge in [-0.05, 0) is 25.8 Å². The second-order valence-electron chi connectivity index (χ2n) is 5.32. The van der Waals surface area contributed by atoms with Gasteiger partial charge < -0.3 is 20.1 Å². The zero-order chi connectivity index (χ0) is 16.8. The van der Waals surface area contributed by atoms with Gasteiger partial charge in [-0.15, -0.1) is 12.4 Å². The molecule has 2 N–H and O–H groups in total. The van der Waals surface area contributed by atoms with Gasteiger partial charge in [0.15, 0.2) is 11.5 Å². The van der Waals surface area contributed by atoms with E-state index in [0.29, 0.717) is 12.6 Å². The molecule has 1 saturated heterocycles. The number of benzene rings is 1. The van der Waals surface area contributed by atoms with Crippen molar-refractivity contribution >= 4 is 24.0 Å². The number of carbonyl (C=O) groups excluding carboxylic acids is 1. The SMILES string of the molecule is COc1cc(C(=O)NCC[C@H]2CCCN2)c([N+](=O)[O-])cc1OC.Cl. The Kier molecular flexibility index (Phi) is 7.73. The quantitative estimate of drug-likeness (QED) is 0.569. The molecule has 0 aliphatic carbocycles. The van der Waals surface area contributed by atoms with Crippen molar-refractivity contribution in [1.29, 1.82) is 0 Å². The highest BCUT2D eigenvalue weighted by atomic mass is 35.5. The number of hydrogen-bond donors (Lipinski definition) is 2. The summed E-state index contributed by atoms with van der Waals surface area (Å²) in [7, 11) is 2.80. The maximum absolute atomic E-state index is 12.3. The van der Waals surface area contributed by atoms with Crippen LogP contribution in [0.5, 0.6) is 11.5 Å². The predicted molar refractivity (Wildman–Crippen MR) is 91.4 cm³/mol. The van der Waals surface area contributed by atoms with E-state index in [4.69, 9.17) is 9.47 Å². The van der Waals surface area contributed by atoms with E-state index >= 15 is 0 Å². The van der Waals surface area contributed by atoms with Crippen LogP contribution in [0.3, 0.4) is 0 Å². The third-order valence-electron chi connectivity index (χ3n) is 3.88. The molecule has 1 aromatic carbocycles. The first-order valence-electron chi connectivity index (χ1n) is 7.48.